The van der Waals surface area contributed by atoms with Crippen molar-refractivity contribution in [3.05, 3.63) is 55.7 Å². The minimum Gasteiger partial charge on any atom is -0.454 e. The molecule has 0 heterocycles. The summed E-state index contributed by atoms with van der Waals surface area (Å²) in [6.07, 6.45) is 1.14. The Balaban J connectivity index is 1.98. The number of nitrogens with zero attached hydrogens (tertiary/aromatic N) is 1. The van der Waals surface area contributed by atoms with Crippen molar-refractivity contribution in [1.82, 2.24) is 0 Å². The smallest absolute Gasteiger partial charge is 0.341 e. The van der Waals surface area contributed by atoms with Crippen molar-refractivity contribution >= 4 is 27.7 Å². The van der Waals surface area contributed by atoms with Gasteiger partial charge in [0.05, 0.1) is 4.92 Å². The Kier molecular flexibility index (Phi) is 4.85. The van der Waals surface area contributed by atoms with Crippen LogP contribution in [0.1, 0.15) is 29.6 Å². The van der Waals surface area contributed by atoms with Gasteiger partial charge in [0, 0.05) is 16.5 Å². The van der Waals surface area contributed by atoms with Crippen molar-refractivity contribution in [2.24, 2.45) is 0 Å². The van der Waals surface area contributed by atoms with Gasteiger partial charge in [-0.1, -0.05) is 28.1 Å². The first-order valence-corrected chi connectivity index (χ1v) is 7.10. The molecule has 0 spiro atoms. The predicted molar refractivity (Wildman–Crippen MR) is 77.3 cm³/mol. The molecule has 0 aliphatic heterocycles. The molecule has 0 unspecified atom stereocenters. The molecule has 0 saturated carbocycles. The highest BCUT2D eigenvalue weighted by Crippen LogP contribution is 2.27. The van der Waals surface area contributed by atoms with Crippen molar-refractivity contribution in [2.45, 2.75) is 19.3 Å². The standard InChI is InChI=1S/C14H12BrNO5/c15-10-6-4-9(5-7-10)13(17)8-21-14(18)11-2-1-3-12(11)16(19)20/h4-7H,1-3,8H2. The van der Waals surface area contributed by atoms with Gasteiger partial charge in [0.15, 0.2) is 12.4 Å². The van der Waals surface area contributed by atoms with Gasteiger partial charge in [-0.15, -0.1) is 0 Å². The molecule has 0 saturated heterocycles. The van der Waals surface area contributed by atoms with Crippen LogP contribution >= 0.6 is 15.9 Å². The van der Waals surface area contributed by atoms with E-state index < -0.39 is 17.5 Å². The molecule has 0 aromatic heterocycles. The second kappa shape index (κ2) is 6.62. The van der Waals surface area contributed by atoms with Crippen LogP contribution in [0, 0.1) is 10.1 Å². The summed E-state index contributed by atoms with van der Waals surface area (Å²) in [7, 11) is 0. The fourth-order valence-corrected chi connectivity index (χ4v) is 2.35. The van der Waals surface area contributed by atoms with Crippen molar-refractivity contribution < 1.29 is 19.2 Å². The summed E-state index contributed by atoms with van der Waals surface area (Å²) < 4.78 is 5.73. The van der Waals surface area contributed by atoms with E-state index in [1.165, 1.54) is 0 Å². The maximum Gasteiger partial charge on any atom is 0.341 e. The van der Waals surface area contributed by atoms with Gasteiger partial charge in [-0.25, -0.2) is 4.79 Å². The van der Waals surface area contributed by atoms with Crippen molar-refractivity contribution in [2.75, 3.05) is 6.61 Å². The molecule has 7 heteroatoms. The monoisotopic (exact) mass is 353 g/mol. The van der Waals surface area contributed by atoms with Crippen molar-refractivity contribution in [1.29, 1.82) is 0 Å². The number of rotatable bonds is 5. The van der Waals surface area contributed by atoms with Gasteiger partial charge in [-0.3, -0.25) is 14.9 Å². The van der Waals surface area contributed by atoms with E-state index in [9.17, 15) is 19.7 Å². The fourth-order valence-electron chi connectivity index (χ4n) is 2.09. The van der Waals surface area contributed by atoms with Crippen LogP contribution in [0.4, 0.5) is 0 Å². The third-order valence-electron chi connectivity index (χ3n) is 3.16. The number of hydrogen-bond donors (Lipinski definition) is 0. The molecule has 21 heavy (non-hydrogen) atoms. The summed E-state index contributed by atoms with van der Waals surface area (Å²) >= 11 is 3.25. The quantitative estimate of drug-likeness (QED) is 0.351. The molecule has 1 aromatic carbocycles. The number of hydrogen-bond acceptors (Lipinski definition) is 5. The van der Waals surface area contributed by atoms with E-state index in [-0.39, 0.29) is 23.5 Å². The molecule has 1 aliphatic rings. The third-order valence-corrected chi connectivity index (χ3v) is 3.68. The number of allylic oxidation sites excluding steroid dienone is 1. The topological polar surface area (TPSA) is 86.5 Å². The van der Waals surface area contributed by atoms with E-state index in [4.69, 9.17) is 4.74 Å². The average molecular weight is 354 g/mol. The summed E-state index contributed by atoms with van der Waals surface area (Å²) in [6, 6.07) is 6.63. The van der Waals surface area contributed by atoms with E-state index in [0.29, 0.717) is 18.4 Å². The van der Waals surface area contributed by atoms with Gasteiger partial charge >= 0.3 is 5.97 Å². The van der Waals surface area contributed by atoms with Crippen molar-refractivity contribution in [3.63, 3.8) is 0 Å². The number of halogens is 1. The highest BCUT2D eigenvalue weighted by Gasteiger charge is 2.30. The number of carbonyl (C=O) groups is 2. The molecule has 1 aliphatic carbocycles. The molecular weight excluding hydrogens is 342 g/mol. The van der Waals surface area contributed by atoms with Crippen LogP contribution < -0.4 is 0 Å². The number of carbonyl (C=O) groups excluding carboxylic acids is 2. The summed E-state index contributed by atoms with van der Waals surface area (Å²) in [5.41, 5.74) is 0.389. The molecular formula is C14H12BrNO5. The minimum absolute atomic E-state index is 0.0728. The van der Waals surface area contributed by atoms with Gasteiger partial charge in [-0.2, -0.15) is 0 Å². The van der Waals surface area contributed by atoms with Crippen LogP contribution in [0.2, 0.25) is 0 Å². The molecule has 0 amide bonds. The molecule has 6 nitrogen and oxygen atoms in total. The van der Waals surface area contributed by atoms with Crippen LogP contribution in [-0.4, -0.2) is 23.3 Å². The largest absolute Gasteiger partial charge is 0.454 e. The van der Waals surface area contributed by atoms with Gasteiger partial charge in [0.1, 0.15) is 5.57 Å². The maximum absolute atomic E-state index is 11.8. The Hall–Kier alpha value is -2.02. The van der Waals surface area contributed by atoms with Gasteiger partial charge in [0.25, 0.3) is 5.70 Å². The minimum atomic E-state index is -0.773. The number of nitro groups is 1. The number of esters is 1. The number of Topliss-reactive ketones (excluding diaryl/α,β-unsaturated/α-hetero) is 1. The normalized spacial score (nSPS) is 14.1. The lowest BCUT2D eigenvalue weighted by molar-refractivity contribution is -0.427. The van der Waals surface area contributed by atoms with Crippen molar-refractivity contribution in [3.8, 4) is 0 Å². The first kappa shape index (κ1) is 15.4. The summed E-state index contributed by atoms with van der Waals surface area (Å²) in [5, 5.41) is 10.8. The van der Waals surface area contributed by atoms with Crippen LogP contribution in [0.25, 0.3) is 0 Å². The average Bonchev–Trinajstić information content (AvgIpc) is 2.95. The molecule has 110 valence electrons. The molecule has 0 radical (unpaired) electrons. The Morgan fingerprint density at radius 2 is 1.90 bits per heavy atom. The lowest BCUT2D eigenvalue weighted by atomic mass is 10.1. The zero-order valence-corrected chi connectivity index (χ0v) is 12.6. The summed E-state index contributed by atoms with van der Waals surface area (Å²) in [6.45, 7) is -0.422. The van der Waals surface area contributed by atoms with E-state index in [2.05, 4.69) is 15.9 Å². The Morgan fingerprint density at radius 1 is 1.24 bits per heavy atom. The molecule has 2 rings (SSSR count). The van der Waals surface area contributed by atoms with Crippen LogP contribution in [0.15, 0.2) is 40.0 Å². The predicted octanol–water partition coefficient (Wildman–Crippen LogP) is 2.89. The van der Waals surface area contributed by atoms with Crippen LogP contribution in [-0.2, 0) is 9.53 Å². The lowest BCUT2D eigenvalue weighted by Crippen LogP contribution is -2.16. The van der Waals surface area contributed by atoms with Gasteiger partial charge < -0.3 is 4.74 Å². The SMILES string of the molecule is O=C(OCC(=O)c1ccc(Br)cc1)C1=C([N+](=O)[O-])CCC1. The van der Waals surface area contributed by atoms with E-state index in [1.54, 1.807) is 24.3 Å². The fraction of sp³-hybridized carbons (Fsp3) is 0.286. The second-order valence-electron chi connectivity index (χ2n) is 4.54. The molecule has 0 N–H and O–H groups in total. The van der Waals surface area contributed by atoms with E-state index in [0.717, 1.165) is 4.47 Å². The van der Waals surface area contributed by atoms with Crippen LogP contribution in [0.5, 0.6) is 0 Å². The molecule has 0 fully saturated rings. The summed E-state index contributed by atoms with van der Waals surface area (Å²) in [5.74, 6) is -1.12. The Labute approximate surface area is 129 Å². The maximum atomic E-state index is 11.8. The highest BCUT2D eigenvalue weighted by molar-refractivity contribution is 9.10. The number of benzene rings is 1. The molecule has 0 atom stereocenters. The first-order chi connectivity index (χ1) is 9.99. The zero-order chi connectivity index (χ0) is 15.4. The highest BCUT2D eigenvalue weighted by atomic mass is 79.9. The molecule has 1 aromatic rings. The summed E-state index contributed by atoms with van der Waals surface area (Å²) in [4.78, 5) is 33.9. The Morgan fingerprint density at radius 3 is 2.52 bits per heavy atom. The Bertz CT molecular complexity index is 621. The van der Waals surface area contributed by atoms with Gasteiger partial charge in [-0.05, 0) is 25.0 Å². The number of ketones is 1. The van der Waals surface area contributed by atoms with E-state index in [1.807, 2.05) is 0 Å². The zero-order valence-electron chi connectivity index (χ0n) is 11.0. The molecule has 0 bridgehead atoms. The van der Waals surface area contributed by atoms with Gasteiger partial charge in [0.2, 0.25) is 0 Å². The van der Waals surface area contributed by atoms with E-state index >= 15 is 0 Å². The second-order valence-corrected chi connectivity index (χ2v) is 5.46. The lowest BCUT2D eigenvalue weighted by Gasteiger charge is -2.05. The third kappa shape index (κ3) is 3.75. The first-order valence-electron chi connectivity index (χ1n) is 6.31. The number of ether oxygens (including phenoxy) is 1. The van der Waals surface area contributed by atoms with Crippen LogP contribution in [0.3, 0.4) is 0 Å².